The van der Waals surface area contributed by atoms with Crippen molar-refractivity contribution in [2.75, 3.05) is 6.61 Å². The van der Waals surface area contributed by atoms with E-state index in [9.17, 15) is 0 Å². The summed E-state index contributed by atoms with van der Waals surface area (Å²) in [5, 5.41) is 0. The molecule has 0 bridgehead atoms. The number of hydrogen-bond acceptors (Lipinski definition) is 1. The minimum absolute atomic E-state index is 0.0408. The first-order valence-electron chi connectivity index (χ1n) is 6.03. The van der Waals surface area contributed by atoms with Crippen LogP contribution in [0, 0.1) is 5.41 Å². The maximum absolute atomic E-state index is 5.80. The highest BCUT2D eigenvalue weighted by Gasteiger charge is 2.39. The van der Waals surface area contributed by atoms with E-state index in [1.807, 2.05) is 0 Å². The average molecular weight is 206 g/mol. The Hall–Kier alpha value is -0.560. The molecule has 0 amide bonds. The van der Waals surface area contributed by atoms with Crippen LogP contribution in [-0.4, -0.2) is 12.2 Å². The summed E-state index contributed by atoms with van der Waals surface area (Å²) in [5.41, 5.74) is 1.91. The smallest absolute Gasteiger partial charge is 0.0634 e. The molecule has 1 atom stereocenters. The van der Waals surface area contributed by atoms with Gasteiger partial charge in [0.2, 0.25) is 0 Å². The summed E-state index contributed by atoms with van der Waals surface area (Å²) in [4.78, 5) is 0. The molecule has 0 aromatic rings. The van der Waals surface area contributed by atoms with Gasteiger partial charge < -0.3 is 4.74 Å². The quantitative estimate of drug-likeness (QED) is 0.633. The van der Waals surface area contributed by atoms with Gasteiger partial charge in [-0.05, 0) is 50.5 Å². The molecule has 1 unspecified atom stereocenters. The minimum atomic E-state index is 0.0408. The lowest BCUT2D eigenvalue weighted by Gasteiger charge is -2.44. The Morgan fingerprint density at radius 2 is 2.00 bits per heavy atom. The zero-order valence-corrected chi connectivity index (χ0v) is 10.2. The van der Waals surface area contributed by atoms with E-state index in [2.05, 4.69) is 39.0 Å². The zero-order valence-electron chi connectivity index (χ0n) is 10.2. The standard InChI is InChI=1S/C14H22O/c1-13(2)11-14(3,9-10-15-13)12-7-5-4-6-8-12/h5,7-8H,4,6,9-11H2,1-3H3. The molecule has 2 rings (SSSR count). The van der Waals surface area contributed by atoms with Crippen molar-refractivity contribution in [2.24, 2.45) is 5.41 Å². The molecule has 1 aliphatic heterocycles. The maximum Gasteiger partial charge on any atom is 0.0634 e. The first kappa shape index (κ1) is 10.9. The van der Waals surface area contributed by atoms with Crippen molar-refractivity contribution in [2.45, 2.75) is 52.1 Å². The Kier molecular flexibility index (Phi) is 2.76. The SMILES string of the molecule is CC1(C)CC(C)(C2=CCCC=C2)CCO1. The minimum Gasteiger partial charge on any atom is -0.376 e. The average Bonchev–Trinajstić information content (AvgIpc) is 2.17. The van der Waals surface area contributed by atoms with Gasteiger partial charge in [0.1, 0.15) is 0 Å². The Labute approximate surface area is 93.2 Å². The van der Waals surface area contributed by atoms with Crippen LogP contribution in [0.1, 0.15) is 46.5 Å². The fourth-order valence-electron chi connectivity index (χ4n) is 2.94. The lowest BCUT2D eigenvalue weighted by molar-refractivity contribution is -0.0890. The van der Waals surface area contributed by atoms with E-state index in [1.54, 1.807) is 0 Å². The van der Waals surface area contributed by atoms with Crippen LogP contribution in [0.4, 0.5) is 0 Å². The molecule has 1 saturated heterocycles. The van der Waals surface area contributed by atoms with Crippen molar-refractivity contribution in [3.63, 3.8) is 0 Å². The molecule has 1 aliphatic carbocycles. The van der Waals surface area contributed by atoms with Crippen LogP contribution < -0.4 is 0 Å². The van der Waals surface area contributed by atoms with E-state index in [-0.39, 0.29) is 5.60 Å². The summed E-state index contributed by atoms with van der Waals surface area (Å²) >= 11 is 0. The van der Waals surface area contributed by atoms with Crippen molar-refractivity contribution < 1.29 is 4.74 Å². The van der Waals surface area contributed by atoms with Crippen molar-refractivity contribution in [3.05, 3.63) is 23.8 Å². The molecular formula is C14H22O. The van der Waals surface area contributed by atoms with E-state index in [0.717, 1.165) is 19.4 Å². The maximum atomic E-state index is 5.80. The van der Waals surface area contributed by atoms with Crippen molar-refractivity contribution in [1.82, 2.24) is 0 Å². The Morgan fingerprint density at radius 1 is 1.20 bits per heavy atom. The third kappa shape index (κ3) is 2.34. The molecule has 0 N–H and O–H groups in total. The Bertz CT molecular complexity index is 298. The highest BCUT2D eigenvalue weighted by atomic mass is 16.5. The summed E-state index contributed by atoms with van der Waals surface area (Å²) in [6, 6.07) is 0. The topological polar surface area (TPSA) is 9.23 Å². The van der Waals surface area contributed by atoms with E-state index >= 15 is 0 Å². The summed E-state index contributed by atoms with van der Waals surface area (Å²) in [7, 11) is 0. The molecule has 0 saturated carbocycles. The number of hydrogen-bond donors (Lipinski definition) is 0. The predicted molar refractivity (Wildman–Crippen MR) is 63.8 cm³/mol. The van der Waals surface area contributed by atoms with E-state index in [4.69, 9.17) is 4.74 Å². The molecule has 15 heavy (non-hydrogen) atoms. The molecule has 1 nitrogen and oxygen atoms in total. The van der Waals surface area contributed by atoms with Gasteiger partial charge in [-0.3, -0.25) is 0 Å². The van der Waals surface area contributed by atoms with Gasteiger partial charge in [-0.2, -0.15) is 0 Å². The van der Waals surface area contributed by atoms with Gasteiger partial charge in [0, 0.05) is 6.61 Å². The first-order valence-corrected chi connectivity index (χ1v) is 6.03. The zero-order chi connectivity index (χ0) is 10.9. The van der Waals surface area contributed by atoms with E-state index < -0.39 is 0 Å². The molecule has 84 valence electrons. The summed E-state index contributed by atoms with van der Waals surface area (Å²) in [6.45, 7) is 7.70. The molecule has 1 fully saturated rings. The third-order valence-corrected chi connectivity index (χ3v) is 3.65. The van der Waals surface area contributed by atoms with E-state index in [0.29, 0.717) is 5.41 Å². The second kappa shape index (κ2) is 3.79. The van der Waals surface area contributed by atoms with Crippen LogP contribution in [0.25, 0.3) is 0 Å². The highest BCUT2D eigenvalue weighted by molar-refractivity contribution is 5.29. The van der Waals surface area contributed by atoms with Gasteiger partial charge >= 0.3 is 0 Å². The molecule has 1 heteroatoms. The first-order chi connectivity index (χ1) is 7.02. The molecule has 2 aliphatic rings. The van der Waals surface area contributed by atoms with Crippen LogP contribution in [0.3, 0.4) is 0 Å². The number of rotatable bonds is 1. The molecule has 0 aromatic heterocycles. The van der Waals surface area contributed by atoms with Gasteiger partial charge in [-0.1, -0.05) is 25.2 Å². The largest absolute Gasteiger partial charge is 0.376 e. The Balaban J connectivity index is 2.18. The fraction of sp³-hybridized carbons (Fsp3) is 0.714. The third-order valence-electron chi connectivity index (χ3n) is 3.65. The number of ether oxygens (including phenoxy) is 1. The van der Waals surface area contributed by atoms with Crippen molar-refractivity contribution >= 4 is 0 Å². The second-order valence-electron chi connectivity index (χ2n) is 5.73. The molecular weight excluding hydrogens is 184 g/mol. The predicted octanol–water partition coefficient (Wildman–Crippen LogP) is 3.86. The Morgan fingerprint density at radius 3 is 2.60 bits per heavy atom. The van der Waals surface area contributed by atoms with Crippen LogP contribution in [0.2, 0.25) is 0 Å². The summed E-state index contributed by atoms with van der Waals surface area (Å²) in [5.74, 6) is 0. The van der Waals surface area contributed by atoms with Gasteiger partial charge in [0.15, 0.2) is 0 Å². The molecule has 0 radical (unpaired) electrons. The second-order valence-corrected chi connectivity index (χ2v) is 5.73. The van der Waals surface area contributed by atoms with E-state index in [1.165, 1.54) is 18.4 Å². The summed E-state index contributed by atoms with van der Waals surface area (Å²) < 4.78 is 5.80. The van der Waals surface area contributed by atoms with Crippen molar-refractivity contribution in [3.8, 4) is 0 Å². The molecule has 0 spiro atoms. The lowest BCUT2D eigenvalue weighted by atomic mass is 9.69. The monoisotopic (exact) mass is 206 g/mol. The van der Waals surface area contributed by atoms with Crippen LogP contribution in [0.5, 0.6) is 0 Å². The highest BCUT2D eigenvalue weighted by Crippen LogP contribution is 2.45. The normalized spacial score (nSPS) is 35.0. The molecule has 0 aromatic carbocycles. The van der Waals surface area contributed by atoms with Gasteiger partial charge in [0.25, 0.3) is 0 Å². The van der Waals surface area contributed by atoms with Crippen LogP contribution in [-0.2, 0) is 4.74 Å². The van der Waals surface area contributed by atoms with Crippen LogP contribution in [0.15, 0.2) is 23.8 Å². The molecule has 1 heterocycles. The van der Waals surface area contributed by atoms with Gasteiger partial charge in [-0.25, -0.2) is 0 Å². The summed E-state index contributed by atoms with van der Waals surface area (Å²) in [6.07, 6.45) is 11.8. The fourth-order valence-corrected chi connectivity index (χ4v) is 2.94. The van der Waals surface area contributed by atoms with Crippen molar-refractivity contribution in [1.29, 1.82) is 0 Å². The van der Waals surface area contributed by atoms with Crippen LogP contribution >= 0.6 is 0 Å². The lowest BCUT2D eigenvalue weighted by Crippen LogP contribution is -2.40. The van der Waals surface area contributed by atoms with Gasteiger partial charge in [0.05, 0.1) is 5.60 Å². The number of allylic oxidation sites excluding steroid dienone is 4. The van der Waals surface area contributed by atoms with Gasteiger partial charge in [-0.15, -0.1) is 0 Å².